The fourth-order valence-corrected chi connectivity index (χ4v) is 3.35. The van der Waals surface area contributed by atoms with E-state index >= 15 is 0 Å². The fourth-order valence-electron chi connectivity index (χ4n) is 3.08. The maximum Gasteiger partial charge on any atom is 0.490 e. The van der Waals surface area contributed by atoms with Crippen LogP contribution in [0, 0.1) is 6.92 Å². The molecule has 4 N–H and O–H groups in total. The minimum Gasteiger partial charge on any atom is -0.496 e. The molecule has 1 aromatic heterocycles. The van der Waals surface area contributed by atoms with E-state index in [0.29, 0.717) is 52.2 Å². The van der Waals surface area contributed by atoms with Gasteiger partial charge < -0.3 is 25.6 Å². The molecule has 1 heterocycles. The highest BCUT2D eigenvalue weighted by molar-refractivity contribution is 6.33. The van der Waals surface area contributed by atoms with Gasteiger partial charge in [0.1, 0.15) is 18.1 Å². The van der Waals surface area contributed by atoms with Crippen LogP contribution in [-0.2, 0) is 11.8 Å². The minimum atomic E-state index is -5.08. The number of alkyl halides is 3. The number of amides is 1. The number of carbonyl (C=O) groups excluding carboxylic acids is 1. The van der Waals surface area contributed by atoms with E-state index in [4.69, 9.17) is 36.7 Å². The van der Waals surface area contributed by atoms with Crippen LogP contribution in [0.5, 0.6) is 11.5 Å². The number of benzene rings is 2. The minimum absolute atomic E-state index is 0.237. The highest BCUT2D eigenvalue weighted by atomic mass is 35.5. The van der Waals surface area contributed by atoms with Crippen molar-refractivity contribution in [3.8, 4) is 22.8 Å². The number of aryl methyl sites for hydroxylation is 1. The van der Waals surface area contributed by atoms with Gasteiger partial charge >= 0.3 is 12.1 Å². The lowest BCUT2D eigenvalue weighted by molar-refractivity contribution is -0.192. The van der Waals surface area contributed by atoms with Gasteiger partial charge in [0.15, 0.2) is 0 Å². The van der Waals surface area contributed by atoms with E-state index in [-0.39, 0.29) is 5.91 Å². The molecule has 0 fully saturated rings. The molecule has 3 rings (SSSR count). The highest BCUT2D eigenvalue weighted by Crippen LogP contribution is 2.36. The molecule has 13 heteroatoms. The van der Waals surface area contributed by atoms with Gasteiger partial charge in [-0.25, -0.2) is 4.79 Å². The second-order valence-electron chi connectivity index (χ2n) is 7.20. The largest absolute Gasteiger partial charge is 0.496 e. The molecule has 0 unspecified atom stereocenters. The van der Waals surface area contributed by atoms with E-state index in [1.54, 1.807) is 49.3 Å². The summed E-state index contributed by atoms with van der Waals surface area (Å²) in [6.07, 6.45) is -3.52. The van der Waals surface area contributed by atoms with Gasteiger partial charge in [-0.15, -0.1) is 0 Å². The third-order valence-corrected chi connectivity index (χ3v) is 5.03. The summed E-state index contributed by atoms with van der Waals surface area (Å²) in [5.74, 6) is -1.73. The summed E-state index contributed by atoms with van der Waals surface area (Å²) in [6, 6.07) is 10.7. The number of methoxy groups -OCH3 is 1. The number of anilines is 1. The number of carboxylic acid groups (broad SMARTS) is 1. The van der Waals surface area contributed by atoms with Crippen molar-refractivity contribution in [1.29, 1.82) is 0 Å². The standard InChI is InChI=1S/C21H23ClN4O3.C2HF3O2/c1-13-15(5-4-6-18(13)28-3)21(27)25-14-7-8-19(29-10-9-23)16(11-14)20-17(22)12-24-26(20)2;3-2(4,5)1(6)7/h4-8,11-12H,9-10,23H2,1-3H3,(H,25,27);(H,6,7). The number of carboxylic acids is 1. The number of rotatable bonds is 7. The Morgan fingerprint density at radius 3 is 2.42 bits per heavy atom. The van der Waals surface area contributed by atoms with Crippen molar-refractivity contribution in [2.45, 2.75) is 13.1 Å². The Bertz CT molecular complexity index is 1210. The van der Waals surface area contributed by atoms with Crippen molar-refractivity contribution >= 4 is 29.2 Å². The van der Waals surface area contributed by atoms with Crippen LogP contribution >= 0.6 is 11.6 Å². The summed E-state index contributed by atoms with van der Waals surface area (Å²) in [5.41, 5.74) is 8.87. The summed E-state index contributed by atoms with van der Waals surface area (Å²) in [7, 11) is 3.37. The van der Waals surface area contributed by atoms with Crippen LogP contribution in [0.3, 0.4) is 0 Å². The molecule has 3 aromatic rings. The third kappa shape index (κ3) is 7.12. The Labute approximate surface area is 209 Å². The van der Waals surface area contributed by atoms with Crippen LogP contribution in [0.25, 0.3) is 11.3 Å². The van der Waals surface area contributed by atoms with Crippen LogP contribution in [-0.4, -0.2) is 53.2 Å². The fraction of sp³-hybridized carbons (Fsp3) is 0.261. The second-order valence-corrected chi connectivity index (χ2v) is 7.61. The van der Waals surface area contributed by atoms with Gasteiger partial charge in [-0.3, -0.25) is 9.48 Å². The summed E-state index contributed by atoms with van der Waals surface area (Å²) in [4.78, 5) is 21.7. The zero-order valence-corrected chi connectivity index (χ0v) is 20.3. The summed E-state index contributed by atoms with van der Waals surface area (Å²) in [6.45, 7) is 2.59. The van der Waals surface area contributed by atoms with Crippen LogP contribution in [0.1, 0.15) is 15.9 Å². The predicted molar refractivity (Wildman–Crippen MR) is 128 cm³/mol. The first kappa shape index (κ1) is 28.5. The Kier molecular flexibility index (Phi) is 9.70. The van der Waals surface area contributed by atoms with E-state index in [0.717, 1.165) is 5.56 Å². The molecule has 2 aromatic carbocycles. The summed E-state index contributed by atoms with van der Waals surface area (Å²) in [5, 5.41) is 14.7. The Morgan fingerprint density at radius 2 is 1.89 bits per heavy atom. The van der Waals surface area contributed by atoms with Crippen LogP contribution in [0.15, 0.2) is 42.6 Å². The average Bonchev–Trinajstić information content (AvgIpc) is 3.15. The van der Waals surface area contributed by atoms with E-state index in [9.17, 15) is 18.0 Å². The molecule has 36 heavy (non-hydrogen) atoms. The van der Waals surface area contributed by atoms with E-state index in [1.165, 1.54) is 0 Å². The molecule has 0 aliphatic heterocycles. The average molecular weight is 529 g/mol. The van der Waals surface area contributed by atoms with Gasteiger partial charge in [0.25, 0.3) is 5.91 Å². The van der Waals surface area contributed by atoms with Gasteiger partial charge in [0.05, 0.1) is 24.0 Å². The molecular formula is C23H24ClF3N4O5. The maximum atomic E-state index is 12.8. The molecule has 9 nitrogen and oxygen atoms in total. The maximum absolute atomic E-state index is 12.8. The summed E-state index contributed by atoms with van der Waals surface area (Å²) < 4.78 is 44.5. The lowest BCUT2D eigenvalue weighted by atomic mass is 10.1. The number of nitrogens with two attached hydrogens (primary N) is 1. The summed E-state index contributed by atoms with van der Waals surface area (Å²) >= 11 is 6.33. The number of carbonyl (C=O) groups is 2. The lowest BCUT2D eigenvalue weighted by Crippen LogP contribution is -2.21. The first-order valence-corrected chi connectivity index (χ1v) is 10.7. The number of aromatic nitrogens is 2. The van der Waals surface area contributed by atoms with Crippen molar-refractivity contribution in [3.05, 3.63) is 58.7 Å². The Balaban J connectivity index is 0.000000572. The SMILES string of the molecule is COc1cccc(C(=O)Nc2ccc(OCCN)c(-c3c(Cl)cnn3C)c2)c1C.O=C(O)C(F)(F)F. The van der Waals surface area contributed by atoms with Gasteiger partial charge in [-0.1, -0.05) is 17.7 Å². The normalized spacial score (nSPS) is 10.8. The van der Waals surface area contributed by atoms with Crippen LogP contribution in [0.2, 0.25) is 5.02 Å². The topological polar surface area (TPSA) is 129 Å². The zero-order valence-electron chi connectivity index (χ0n) is 19.5. The number of halogens is 4. The number of aliphatic carboxylic acids is 1. The van der Waals surface area contributed by atoms with Crippen molar-refractivity contribution in [2.24, 2.45) is 12.8 Å². The molecule has 0 spiro atoms. The number of ether oxygens (including phenoxy) is 2. The van der Waals surface area contributed by atoms with Gasteiger partial charge in [-0.2, -0.15) is 18.3 Å². The predicted octanol–water partition coefficient (Wildman–Crippen LogP) is 4.28. The molecule has 0 saturated heterocycles. The monoisotopic (exact) mass is 528 g/mol. The zero-order chi connectivity index (χ0) is 27.0. The van der Waals surface area contributed by atoms with E-state index < -0.39 is 12.1 Å². The smallest absolute Gasteiger partial charge is 0.490 e. The van der Waals surface area contributed by atoms with Crippen molar-refractivity contribution in [1.82, 2.24) is 9.78 Å². The number of hydrogen-bond acceptors (Lipinski definition) is 6. The molecule has 1 amide bonds. The van der Waals surface area contributed by atoms with Crippen molar-refractivity contribution in [2.75, 3.05) is 25.6 Å². The molecule has 0 aliphatic carbocycles. The van der Waals surface area contributed by atoms with Gasteiger partial charge in [0, 0.05) is 36.0 Å². The van der Waals surface area contributed by atoms with Crippen LogP contribution in [0.4, 0.5) is 18.9 Å². The number of nitrogens with one attached hydrogen (secondary N) is 1. The molecule has 194 valence electrons. The quantitative estimate of drug-likeness (QED) is 0.417. The Hall–Kier alpha value is -3.77. The molecule has 0 aliphatic rings. The van der Waals surface area contributed by atoms with Crippen molar-refractivity contribution in [3.63, 3.8) is 0 Å². The first-order chi connectivity index (χ1) is 16.9. The van der Waals surface area contributed by atoms with Gasteiger partial charge in [0.2, 0.25) is 0 Å². The molecule has 0 atom stereocenters. The molecular weight excluding hydrogens is 505 g/mol. The highest BCUT2D eigenvalue weighted by Gasteiger charge is 2.38. The Morgan fingerprint density at radius 1 is 1.22 bits per heavy atom. The third-order valence-electron chi connectivity index (χ3n) is 4.75. The van der Waals surface area contributed by atoms with Crippen LogP contribution < -0.4 is 20.5 Å². The van der Waals surface area contributed by atoms with E-state index in [2.05, 4.69) is 10.4 Å². The van der Waals surface area contributed by atoms with Gasteiger partial charge in [-0.05, 0) is 37.3 Å². The molecule has 0 bridgehead atoms. The molecule has 0 radical (unpaired) electrons. The van der Waals surface area contributed by atoms with E-state index in [1.807, 2.05) is 19.1 Å². The number of nitrogens with zero attached hydrogens (tertiary/aromatic N) is 2. The lowest BCUT2D eigenvalue weighted by Gasteiger charge is -2.15. The first-order valence-electron chi connectivity index (χ1n) is 10.3. The molecule has 0 saturated carbocycles. The second kappa shape index (κ2) is 12.3. The van der Waals surface area contributed by atoms with Crippen molar-refractivity contribution < 1.29 is 37.3 Å². The number of hydrogen-bond donors (Lipinski definition) is 3.